The van der Waals surface area contributed by atoms with Gasteiger partial charge in [0.05, 0.1) is 6.61 Å². The third-order valence-electron chi connectivity index (χ3n) is 4.17. The van der Waals surface area contributed by atoms with Crippen molar-refractivity contribution < 1.29 is 23.2 Å². The molecule has 0 spiro atoms. The van der Waals surface area contributed by atoms with Crippen LogP contribution in [0.5, 0.6) is 0 Å². The van der Waals surface area contributed by atoms with E-state index in [1.165, 1.54) is 12.1 Å². The third-order valence-corrected chi connectivity index (χ3v) is 4.17. The van der Waals surface area contributed by atoms with Crippen LogP contribution in [0.3, 0.4) is 0 Å². The molecule has 2 aliphatic heterocycles. The maximum absolute atomic E-state index is 13.6. The van der Waals surface area contributed by atoms with Gasteiger partial charge in [-0.05, 0) is 42.4 Å². The maximum atomic E-state index is 13.6. The van der Waals surface area contributed by atoms with Gasteiger partial charge in [0, 0.05) is 25.2 Å². The quantitative estimate of drug-likeness (QED) is 0.799. The number of ether oxygens (including phenoxy) is 2. The molecule has 23 heavy (non-hydrogen) atoms. The lowest BCUT2D eigenvalue weighted by Crippen LogP contribution is -2.48. The highest BCUT2D eigenvalue weighted by Crippen LogP contribution is 2.22. The van der Waals surface area contributed by atoms with Gasteiger partial charge in [0.25, 0.3) is 0 Å². The van der Waals surface area contributed by atoms with Gasteiger partial charge in [-0.1, -0.05) is 19.9 Å². The summed E-state index contributed by atoms with van der Waals surface area (Å²) in [6.45, 7) is 6.44. The lowest BCUT2D eigenvalue weighted by Gasteiger charge is -2.33. The molecule has 1 aromatic rings. The molecule has 4 nitrogen and oxygen atoms in total. The maximum Gasteiger partial charge on any atom is 0.494 e. The summed E-state index contributed by atoms with van der Waals surface area (Å²) >= 11 is 0. The van der Waals surface area contributed by atoms with Crippen molar-refractivity contribution in [1.82, 2.24) is 0 Å². The lowest BCUT2D eigenvalue weighted by atomic mass is 9.73. The molecule has 2 aliphatic rings. The Morgan fingerprint density at radius 3 is 2.74 bits per heavy atom. The van der Waals surface area contributed by atoms with E-state index in [0.717, 1.165) is 36.9 Å². The van der Waals surface area contributed by atoms with E-state index in [-0.39, 0.29) is 17.5 Å². The molecule has 0 aromatic heterocycles. The average molecular weight is 322 g/mol. The number of halogens is 1. The van der Waals surface area contributed by atoms with Crippen LogP contribution in [0.1, 0.15) is 38.7 Å². The summed E-state index contributed by atoms with van der Waals surface area (Å²) in [4.78, 5) is 0. The molecule has 6 heteroatoms. The molecule has 0 radical (unpaired) electrons. The second kappa shape index (κ2) is 7.30. The topological polar surface area (TPSA) is 36.9 Å². The van der Waals surface area contributed by atoms with Gasteiger partial charge >= 0.3 is 7.12 Å². The highest BCUT2D eigenvalue weighted by atomic mass is 19.1. The van der Waals surface area contributed by atoms with E-state index in [4.69, 9.17) is 18.8 Å². The number of hydrogen-bond donors (Lipinski definition) is 0. The molecule has 2 saturated heterocycles. The predicted octanol–water partition coefficient (Wildman–Crippen LogP) is 2.64. The van der Waals surface area contributed by atoms with Crippen LogP contribution in [0, 0.1) is 11.2 Å². The van der Waals surface area contributed by atoms with Crippen LogP contribution in [0.25, 0.3) is 0 Å². The van der Waals surface area contributed by atoms with E-state index in [0.29, 0.717) is 19.8 Å². The smallest absolute Gasteiger partial charge is 0.407 e. The van der Waals surface area contributed by atoms with E-state index >= 15 is 0 Å². The van der Waals surface area contributed by atoms with E-state index in [9.17, 15) is 4.39 Å². The molecule has 0 N–H and O–H groups in total. The lowest BCUT2D eigenvalue weighted by molar-refractivity contribution is -0.168. The Morgan fingerprint density at radius 2 is 2.04 bits per heavy atom. The average Bonchev–Trinajstić information content (AvgIpc) is 2.54. The van der Waals surface area contributed by atoms with E-state index < -0.39 is 7.12 Å². The molecular formula is C17H24BFO4. The van der Waals surface area contributed by atoms with Crippen LogP contribution >= 0.6 is 0 Å². The molecule has 1 aromatic carbocycles. The van der Waals surface area contributed by atoms with Gasteiger partial charge in [0.15, 0.2) is 6.29 Å². The highest BCUT2D eigenvalue weighted by Gasteiger charge is 2.34. The molecule has 126 valence electrons. The van der Waals surface area contributed by atoms with Crippen LogP contribution in [0.15, 0.2) is 18.2 Å². The first kappa shape index (κ1) is 16.9. The van der Waals surface area contributed by atoms with Crippen molar-refractivity contribution >= 4 is 12.6 Å². The van der Waals surface area contributed by atoms with Crippen molar-refractivity contribution in [1.29, 1.82) is 0 Å². The molecule has 0 aliphatic carbocycles. The van der Waals surface area contributed by atoms with Crippen LogP contribution in [0.4, 0.5) is 4.39 Å². The molecule has 2 fully saturated rings. The number of benzene rings is 1. The van der Waals surface area contributed by atoms with Crippen molar-refractivity contribution in [2.24, 2.45) is 5.41 Å². The fourth-order valence-electron chi connectivity index (χ4n) is 2.83. The summed E-state index contributed by atoms with van der Waals surface area (Å²) in [5, 5.41) is 0. The van der Waals surface area contributed by atoms with Gasteiger partial charge in [0.1, 0.15) is 5.82 Å². The zero-order chi connectivity index (χ0) is 16.3. The third kappa shape index (κ3) is 4.54. The first-order valence-electron chi connectivity index (χ1n) is 8.28. The predicted molar refractivity (Wildman–Crippen MR) is 85.9 cm³/mol. The largest absolute Gasteiger partial charge is 0.494 e. The Kier molecular flexibility index (Phi) is 5.36. The van der Waals surface area contributed by atoms with Gasteiger partial charge in [-0.3, -0.25) is 0 Å². The number of hydrogen-bond acceptors (Lipinski definition) is 4. The summed E-state index contributed by atoms with van der Waals surface area (Å²) in [6.07, 6.45) is 2.86. The molecule has 1 atom stereocenters. The van der Waals surface area contributed by atoms with Crippen molar-refractivity contribution in [2.45, 2.75) is 46.0 Å². The second-order valence-electron chi connectivity index (χ2n) is 7.07. The molecule has 0 saturated carbocycles. The van der Waals surface area contributed by atoms with Crippen LogP contribution in [-0.4, -0.2) is 33.2 Å². The van der Waals surface area contributed by atoms with Gasteiger partial charge in [-0.25, -0.2) is 4.39 Å². The summed E-state index contributed by atoms with van der Waals surface area (Å²) in [7, 11) is -0.463. The standard InChI is InChI=1S/C17H24BFO4/c1-17(2)11-22-18(23-12-17)15-7-6-14(19)9-13(15)10-21-16-5-3-4-8-20-16/h6-7,9,16H,3-5,8,10-12H2,1-2H3. The van der Waals surface area contributed by atoms with Crippen molar-refractivity contribution in [2.75, 3.05) is 19.8 Å². The zero-order valence-electron chi connectivity index (χ0n) is 13.8. The van der Waals surface area contributed by atoms with E-state index in [1.807, 2.05) is 0 Å². The zero-order valence-corrected chi connectivity index (χ0v) is 13.8. The minimum absolute atomic E-state index is 0.00311. The minimum atomic E-state index is -0.463. The minimum Gasteiger partial charge on any atom is -0.407 e. The molecule has 3 rings (SSSR count). The van der Waals surface area contributed by atoms with Crippen LogP contribution in [-0.2, 0) is 25.4 Å². The number of rotatable bonds is 4. The molecule has 2 heterocycles. The highest BCUT2D eigenvalue weighted by molar-refractivity contribution is 6.62. The van der Waals surface area contributed by atoms with Gasteiger partial charge in [0.2, 0.25) is 0 Å². The molecular weight excluding hydrogens is 298 g/mol. The Balaban J connectivity index is 1.67. The Hall–Kier alpha value is -0.945. The van der Waals surface area contributed by atoms with Crippen LogP contribution in [0.2, 0.25) is 0 Å². The van der Waals surface area contributed by atoms with Crippen molar-refractivity contribution in [3.05, 3.63) is 29.6 Å². The summed E-state index contributed by atoms with van der Waals surface area (Å²) in [5.74, 6) is -0.284. The van der Waals surface area contributed by atoms with Crippen molar-refractivity contribution in [3.63, 3.8) is 0 Å². The molecule has 0 bridgehead atoms. The van der Waals surface area contributed by atoms with E-state index in [2.05, 4.69) is 13.8 Å². The van der Waals surface area contributed by atoms with E-state index in [1.54, 1.807) is 6.07 Å². The first-order chi connectivity index (χ1) is 11.0. The summed E-state index contributed by atoms with van der Waals surface area (Å²) in [6, 6.07) is 4.64. The van der Waals surface area contributed by atoms with Crippen molar-refractivity contribution in [3.8, 4) is 0 Å². The Morgan fingerprint density at radius 1 is 1.26 bits per heavy atom. The van der Waals surface area contributed by atoms with Gasteiger partial charge in [-0.2, -0.15) is 0 Å². The first-order valence-corrected chi connectivity index (χ1v) is 8.28. The summed E-state index contributed by atoms with van der Waals surface area (Å²) < 4.78 is 36.6. The Labute approximate surface area is 137 Å². The normalized spacial score (nSPS) is 24.7. The van der Waals surface area contributed by atoms with Gasteiger partial charge < -0.3 is 18.8 Å². The fraction of sp³-hybridized carbons (Fsp3) is 0.647. The van der Waals surface area contributed by atoms with Gasteiger partial charge in [-0.15, -0.1) is 0 Å². The van der Waals surface area contributed by atoms with Crippen LogP contribution < -0.4 is 5.46 Å². The fourth-order valence-corrected chi connectivity index (χ4v) is 2.83. The summed E-state index contributed by atoms with van der Waals surface area (Å²) in [5.41, 5.74) is 1.59. The SMILES string of the molecule is CC1(C)COB(c2ccc(F)cc2COC2CCCCO2)OC1. The Bertz CT molecular complexity index is 521. The molecule has 0 amide bonds. The monoisotopic (exact) mass is 322 g/mol. The molecule has 1 unspecified atom stereocenters. The second-order valence-corrected chi connectivity index (χ2v) is 7.07.